The van der Waals surface area contributed by atoms with E-state index in [0.29, 0.717) is 35.6 Å². The van der Waals surface area contributed by atoms with Crippen LogP contribution in [0.3, 0.4) is 0 Å². The summed E-state index contributed by atoms with van der Waals surface area (Å²) in [6.45, 7) is 3.08. The van der Waals surface area contributed by atoms with Crippen LogP contribution in [0.25, 0.3) is 28.1 Å². The van der Waals surface area contributed by atoms with E-state index < -0.39 is 0 Å². The Bertz CT molecular complexity index is 1510. The van der Waals surface area contributed by atoms with E-state index >= 15 is 0 Å². The highest BCUT2D eigenvalue weighted by Crippen LogP contribution is 2.30. The Hall–Kier alpha value is -3.85. The third kappa shape index (κ3) is 4.72. The van der Waals surface area contributed by atoms with Gasteiger partial charge >= 0.3 is 5.69 Å². The Labute approximate surface area is 205 Å². The Kier molecular flexibility index (Phi) is 6.67. The van der Waals surface area contributed by atoms with Crippen molar-refractivity contribution in [3.63, 3.8) is 0 Å². The van der Waals surface area contributed by atoms with Crippen molar-refractivity contribution in [1.82, 2.24) is 24.3 Å². The van der Waals surface area contributed by atoms with Crippen LogP contribution in [0.1, 0.15) is 13.3 Å². The van der Waals surface area contributed by atoms with E-state index in [1.165, 1.54) is 17.8 Å². The molecule has 0 amide bonds. The van der Waals surface area contributed by atoms with Gasteiger partial charge in [-0.3, -0.25) is 9.13 Å². The zero-order chi connectivity index (χ0) is 24.2. The molecule has 1 N–H and O–H groups in total. The summed E-state index contributed by atoms with van der Waals surface area (Å²) in [5.41, 5.74) is 2.78. The summed E-state index contributed by atoms with van der Waals surface area (Å²) in [6.07, 6.45) is 0.731. The van der Waals surface area contributed by atoms with Gasteiger partial charge in [-0.1, -0.05) is 36.0 Å². The number of thioether (sulfide) groups is 1. The number of H-pyrrole nitrogens is 1. The van der Waals surface area contributed by atoms with Gasteiger partial charge in [0.15, 0.2) is 11.0 Å². The van der Waals surface area contributed by atoms with Crippen LogP contribution < -0.4 is 10.4 Å². The van der Waals surface area contributed by atoms with Gasteiger partial charge in [-0.2, -0.15) is 0 Å². The fourth-order valence-corrected chi connectivity index (χ4v) is 4.85. The molecule has 0 saturated heterocycles. The van der Waals surface area contributed by atoms with Crippen molar-refractivity contribution in [1.29, 1.82) is 0 Å². The van der Waals surface area contributed by atoms with Gasteiger partial charge in [0, 0.05) is 17.9 Å². The fraction of sp³-hybridized carbons (Fsp3) is 0.192. The fourth-order valence-electron chi connectivity index (χ4n) is 3.98. The Morgan fingerprint density at radius 3 is 2.57 bits per heavy atom. The van der Waals surface area contributed by atoms with Gasteiger partial charge in [-0.15, -0.1) is 10.2 Å². The molecular weight excluding hydrogens is 465 g/mol. The lowest BCUT2D eigenvalue weighted by Gasteiger charge is -2.12. The number of para-hydroxylation sites is 3. The van der Waals surface area contributed by atoms with E-state index in [2.05, 4.69) is 15.2 Å². The van der Waals surface area contributed by atoms with E-state index in [-0.39, 0.29) is 11.5 Å². The summed E-state index contributed by atoms with van der Waals surface area (Å²) in [4.78, 5) is 15.2. The number of aryl methyl sites for hydroxylation is 1. The number of nitrogens with one attached hydrogen (secondary N) is 1. The summed E-state index contributed by atoms with van der Waals surface area (Å²) < 4.78 is 23.8. The smallest absolute Gasteiger partial charge is 0.326 e. The molecule has 0 aliphatic carbocycles. The quantitative estimate of drug-likeness (QED) is 0.225. The minimum absolute atomic E-state index is 0.122. The molecule has 0 aliphatic rings. The number of aromatic nitrogens is 5. The second-order valence-corrected chi connectivity index (χ2v) is 8.91. The highest BCUT2D eigenvalue weighted by Gasteiger charge is 2.19. The summed E-state index contributed by atoms with van der Waals surface area (Å²) in [5, 5.41) is 9.35. The molecule has 0 spiro atoms. The molecule has 5 aromatic rings. The van der Waals surface area contributed by atoms with E-state index in [0.717, 1.165) is 28.8 Å². The maximum atomic E-state index is 14.8. The molecule has 0 unspecified atom stereocenters. The molecule has 9 heteroatoms. The first-order chi connectivity index (χ1) is 17.2. The van der Waals surface area contributed by atoms with Crippen LogP contribution in [-0.2, 0) is 6.54 Å². The number of nitrogens with zero attached hydrogens (tertiary/aromatic N) is 4. The van der Waals surface area contributed by atoms with Crippen molar-refractivity contribution in [2.24, 2.45) is 0 Å². The highest BCUT2D eigenvalue weighted by molar-refractivity contribution is 7.99. The number of hydrogen-bond acceptors (Lipinski definition) is 5. The molecule has 0 bridgehead atoms. The first kappa shape index (κ1) is 22.9. The maximum absolute atomic E-state index is 14.8. The van der Waals surface area contributed by atoms with Crippen molar-refractivity contribution < 1.29 is 9.13 Å². The van der Waals surface area contributed by atoms with Crippen LogP contribution in [-0.4, -0.2) is 36.7 Å². The van der Waals surface area contributed by atoms with Crippen LogP contribution in [0.5, 0.6) is 5.75 Å². The zero-order valence-corrected chi connectivity index (χ0v) is 20.0. The minimum atomic E-state index is -0.355. The molecular formula is C26H24FN5O2S. The molecule has 0 atom stereocenters. The predicted octanol–water partition coefficient (Wildman–Crippen LogP) is 5.30. The standard InChI is InChI=1S/C26H24FN5O2S/c1-2-34-19-14-12-18(13-15-19)24-29-30-26(32(24)22-10-5-3-8-20(22)27)35-17-7-16-31-23-11-6-4-9-21(23)28-25(31)33/h3-6,8-15H,2,7,16-17H2,1H3,(H,28,33). The van der Waals surface area contributed by atoms with Crippen molar-refractivity contribution in [2.45, 2.75) is 25.0 Å². The van der Waals surface area contributed by atoms with Crippen molar-refractivity contribution in [3.8, 4) is 22.8 Å². The average molecular weight is 490 g/mol. The molecule has 0 saturated carbocycles. The Morgan fingerprint density at radius 1 is 1.00 bits per heavy atom. The normalized spacial score (nSPS) is 11.3. The first-order valence-corrected chi connectivity index (χ1v) is 12.4. The summed E-state index contributed by atoms with van der Waals surface area (Å²) in [7, 11) is 0. The number of ether oxygens (including phenoxy) is 1. The number of aromatic amines is 1. The second kappa shape index (κ2) is 10.2. The molecule has 0 fully saturated rings. The number of benzene rings is 3. The van der Waals surface area contributed by atoms with Gasteiger partial charge in [0.2, 0.25) is 0 Å². The molecule has 3 aromatic carbocycles. The molecule has 7 nitrogen and oxygen atoms in total. The predicted molar refractivity (Wildman–Crippen MR) is 136 cm³/mol. The third-order valence-electron chi connectivity index (χ3n) is 5.59. The average Bonchev–Trinajstić information content (AvgIpc) is 3.43. The van der Waals surface area contributed by atoms with E-state index in [9.17, 15) is 9.18 Å². The van der Waals surface area contributed by atoms with Crippen LogP contribution in [0.15, 0.2) is 82.7 Å². The van der Waals surface area contributed by atoms with Gasteiger partial charge in [-0.25, -0.2) is 9.18 Å². The molecule has 0 radical (unpaired) electrons. The molecule has 35 heavy (non-hydrogen) atoms. The van der Waals surface area contributed by atoms with Crippen molar-refractivity contribution in [3.05, 3.63) is 89.1 Å². The SMILES string of the molecule is CCOc1ccc(-c2nnc(SCCCn3c(=O)[nH]c4ccccc43)n2-c2ccccc2F)cc1. The maximum Gasteiger partial charge on any atom is 0.326 e. The Balaban J connectivity index is 1.39. The van der Waals surface area contributed by atoms with E-state index in [4.69, 9.17) is 4.74 Å². The van der Waals surface area contributed by atoms with E-state index in [1.807, 2.05) is 55.5 Å². The van der Waals surface area contributed by atoms with Gasteiger partial charge < -0.3 is 9.72 Å². The highest BCUT2D eigenvalue weighted by atomic mass is 32.2. The summed E-state index contributed by atoms with van der Waals surface area (Å²) in [6, 6.07) is 21.7. The second-order valence-electron chi connectivity index (χ2n) is 7.85. The van der Waals surface area contributed by atoms with Gasteiger partial charge in [-0.05, 0) is 61.9 Å². The largest absolute Gasteiger partial charge is 0.494 e. The topological polar surface area (TPSA) is 77.7 Å². The zero-order valence-electron chi connectivity index (χ0n) is 19.1. The Morgan fingerprint density at radius 2 is 1.77 bits per heavy atom. The van der Waals surface area contributed by atoms with Crippen LogP contribution in [0.2, 0.25) is 0 Å². The summed E-state index contributed by atoms with van der Waals surface area (Å²) >= 11 is 1.48. The number of imidazole rings is 1. The van der Waals surface area contributed by atoms with Crippen molar-refractivity contribution in [2.75, 3.05) is 12.4 Å². The van der Waals surface area contributed by atoms with Crippen LogP contribution >= 0.6 is 11.8 Å². The molecule has 5 rings (SSSR count). The first-order valence-electron chi connectivity index (χ1n) is 11.4. The number of fused-ring (bicyclic) bond motifs is 1. The molecule has 2 heterocycles. The lowest BCUT2D eigenvalue weighted by Crippen LogP contribution is -2.17. The van der Waals surface area contributed by atoms with Gasteiger partial charge in [0.05, 0.1) is 23.3 Å². The number of rotatable bonds is 9. The molecule has 0 aliphatic heterocycles. The van der Waals surface area contributed by atoms with Crippen LogP contribution in [0, 0.1) is 5.82 Å². The van der Waals surface area contributed by atoms with E-state index in [1.54, 1.807) is 27.3 Å². The lowest BCUT2D eigenvalue weighted by atomic mass is 10.2. The van der Waals surface area contributed by atoms with Gasteiger partial charge in [0.1, 0.15) is 11.6 Å². The van der Waals surface area contributed by atoms with Crippen molar-refractivity contribution >= 4 is 22.8 Å². The van der Waals surface area contributed by atoms with Gasteiger partial charge in [0.25, 0.3) is 0 Å². The molecule has 178 valence electrons. The number of hydrogen-bond donors (Lipinski definition) is 1. The molecule has 2 aromatic heterocycles. The lowest BCUT2D eigenvalue weighted by molar-refractivity contribution is 0.340. The monoisotopic (exact) mass is 489 g/mol. The minimum Gasteiger partial charge on any atom is -0.494 e. The van der Waals surface area contributed by atoms with Crippen LogP contribution in [0.4, 0.5) is 4.39 Å². The third-order valence-corrected chi connectivity index (χ3v) is 6.60. The summed E-state index contributed by atoms with van der Waals surface area (Å²) in [5.74, 6) is 1.64. The number of halogens is 1.